The van der Waals surface area contributed by atoms with Gasteiger partial charge in [-0.05, 0) is 36.4 Å². The summed E-state index contributed by atoms with van der Waals surface area (Å²) in [6, 6.07) is 5.17. The molecule has 0 spiro atoms. The lowest BCUT2D eigenvalue weighted by molar-refractivity contribution is -0.146. The van der Waals surface area contributed by atoms with Crippen molar-refractivity contribution >= 4 is 11.8 Å². The van der Waals surface area contributed by atoms with Crippen molar-refractivity contribution < 1.29 is 13.2 Å². The first kappa shape index (κ1) is 17.1. The summed E-state index contributed by atoms with van der Waals surface area (Å²) in [6.07, 6.45) is -0.827. The molecule has 130 valence electrons. The van der Waals surface area contributed by atoms with E-state index in [-0.39, 0.29) is 5.16 Å². The van der Waals surface area contributed by atoms with Gasteiger partial charge in [0, 0.05) is 23.7 Å². The maximum atomic E-state index is 12.8. The molecule has 0 aliphatic heterocycles. The summed E-state index contributed by atoms with van der Waals surface area (Å²) in [4.78, 5) is 12.7. The number of pyridine rings is 1. The molecule has 0 aromatic carbocycles. The van der Waals surface area contributed by atoms with E-state index in [1.807, 2.05) is 6.92 Å². The monoisotopic (exact) mass is 367 g/mol. The van der Waals surface area contributed by atoms with Crippen LogP contribution in [0.1, 0.15) is 18.4 Å². The zero-order chi connectivity index (χ0) is 18.0. The Labute approximate surface area is 144 Å². The normalized spacial score (nSPS) is 11.7. The smallest absolute Gasteiger partial charge is 0.335 e. The fourth-order valence-electron chi connectivity index (χ4n) is 1.97. The van der Waals surface area contributed by atoms with E-state index in [1.54, 1.807) is 30.6 Å². The van der Waals surface area contributed by atoms with Gasteiger partial charge in [-0.15, -0.1) is 10.2 Å². The second-order valence-electron chi connectivity index (χ2n) is 4.89. The second-order valence-corrected chi connectivity index (χ2v) is 5.87. The number of nitrogens with zero attached hydrogens (tertiary/aromatic N) is 6. The minimum absolute atomic E-state index is 0.117. The van der Waals surface area contributed by atoms with Gasteiger partial charge in [0.25, 0.3) is 5.82 Å². The Morgan fingerprint density at radius 1 is 1.16 bits per heavy atom. The third kappa shape index (κ3) is 3.71. The molecule has 0 fully saturated rings. The minimum atomic E-state index is -4.68. The molecule has 0 bridgehead atoms. The Hall–Kier alpha value is -2.69. The summed E-state index contributed by atoms with van der Waals surface area (Å²) in [6.45, 7) is 1.92. The Bertz CT molecular complexity index is 880. The highest BCUT2D eigenvalue weighted by Gasteiger charge is 2.38. The van der Waals surface area contributed by atoms with E-state index in [9.17, 15) is 13.2 Å². The summed E-state index contributed by atoms with van der Waals surface area (Å²) < 4.78 is 38.7. The van der Waals surface area contributed by atoms with Gasteiger partial charge in [0.05, 0.1) is 0 Å². The molecule has 3 aromatic rings. The van der Waals surface area contributed by atoms with Gasteiger partial charge in [-0.3, -0.25) is 4.98 Å². The van der Waals surface area contributed by atoms with Crippen LogP contribution in [0.4, 0.5) is 13.2 Å². The predicted octanol–water partition coefficient (Wildman–Crippen LogP) is 2.58. The average molecular weight is 367 g/mol. The van der Waals surface area contributed by atoms with Crippen LogP contribution in [0.15, 0.2) is 40.8 Å². The molecular weight excluding hydrogens is 355 g/mol. The standard InChI is InChI=1S/C14H12F3N7S/c1-2-9-7-10(21-11(20-9)8-3-5-19-6-4-8)25-13-23-22-12(24(13)18)14(15,16)17/h3-7H,2,18H2,1H3. The maximum Gasteiger partial charge on any atom is 0.453 e. The summed E-state index contributed by atoms with van der Waals surface area (Å²) in [5, 5.41) is 6.90. The fourth-order valence-corrected chi connectivity index (χ4v) is 2.75. The molecule has 0 saturated carbocycles. The molecule has 7 nitrogen and oxygen atoms in total. The molecule has 2 N–H and O–H groups in total. The van der Waals surface area contributed by atoms with Gasteiger partial charge < -0.3 is 5.84 Å². The van der Waals surface area contributed by atoms with Gasteiger partial charge in [0.2, 0.25) is 5.16 Å². The van der Waals surface area contributed by atoms with Gasteiger partial charge in [-0.25, -0.2) is 14.6 Å². The largest absolute Gasteiger partial charge is 0.453 e. The van der Waals surface area contributed by atoms with Crippen molar-refractivity contribution in [1.29, 1.82) is 0 Å². The van der Waals surface area contributed by atoms with E-state index in [0.29, 0.717) is 21.9 Å². The number of nitrogens with two attached hydrogens (primary N) is 1. The molecule has 0 amide bonds. The van der Waals surface area contributed by atoms with E-state index in [0.717, 1.165) is 23.0 Å². The van der Waals surface area contributed by atoms with Crippen LogP contribution < -0.4 is 5.84 Å². The van der Waals surface area contributed by atoms with Crippen LogP contribution in [0.25, 0.3) is 11.4 Å². The Kier molecular flexibility index (Phi) is 4.57. The van der Waals surface area contributed by atoms with Crippen molar-refractivity contribution in [2.75, 3.05) is 5.84 Å². The van der Waals surface area contributed by atoms with Gasteiger partial charge in [-0.1, -0.05) is 6.92 Å². The molecule has 3 aromatic heterocycles. The number of nitrogen functional groups attached to an aromatic ring is 1. The highest BCUT2D eigenvalue weighted by atomic mass is 32.2. The van der Waals surface area contributed by atoms with E-state index < -0.39 is 12.0 Å². The zero-order valence-corrected chi connectivity index (χ0v) is 13.7. The van der Waals surface area contributed by atoms with Gasteiger partial charge >= 0.3 is 6.18 Å². The van der Waals surface area contributed by atoms with Crippen LogP contribution in [0, 0.1) is 0 Å². The number of aromatic nitrogens is 6. The third-order valence-corrected chi connectivity index (χ3v) is 4.05. The summed E-state index contributed by atoms with van der Waals surface area (Å²) in [7, 11) is 0. The summed E-state index contributed by atoms with van der Waals surface area (Å²) in [5.74, 6) is 4.63. The maximum absolute atomic E-state index is 12.8. The summed E-state index contributed by atoms with van der Waals surface area (Å²) in [5.41, 5.74) is 1.49. The predicted molar refractivity (Wildman–Crippen MR) is 83.9 cm³/mol. The van der Waals surface area contributed by atoms with E-state index in [1.165, 1.54) is 0 Å². The lowest BCUT2D eigenvalue weighted by atomic mass is 10.2. The molecular formula is C14H12F3N7S. The number of hydrogen-bond donors (Lipinski definition) is 1. The highest BCUT2D eigenvalue weighted by molar-refractivity contribution is 7.99. The number of halogens is 3. The molecule has 0 radical (unpaired) electrons. The van der Waals surface area contributed by atoms with Crippen LogP contribution in [-0.2, 0) is 12.6 Å². The fraction of sp³-hybridized carbons (Fsp3) is 0.214. The minimum Gasteiger partial charge on any atom is -0.335 e. The van der Waals surface area contributed by atoms with Crippen molar-refractivity contribution in [3.05, 3.63) is 42.1 Å². The zero-order valence-electron chi connectivity index (χ0n) is 12.9. The Morgan fingerprint density at radius 2 is 1.88 bits per heavy atom. The average Bonchev–Trinajstić information content (AvgIpc) is 2.96. The molecule has 0 atom stereocenters. The Balaban J connectivity index is 1.97. The first-order chi connectivity index (χ1) is 11.9. The topological polar surface area (TPSA) is 95.4 Å². The van der Waals surface area contributed by atoms with Gasteiger partial charge in [-0.2, -0.15) is 13.2 Å². The molecule has 3 heterocycles. The number of rotatable bonds is 4. The third-order valence-electron chi connectivity index (χ3n) is 3.17. The van der Waals surface area contributed by atoms with Crippen LogP contribution in [0.3, 0.4) is 0 Å². The quantitative estimate of drug-likeness (QED) is 0.559. The highest BCUT2D eigenvalue weighted by Crippen LogP contribution is 2.31. The number of hydrogen-bond acceptors (Lipinski definition) is 7. The van der Waals surface area contributed by atoms with Crippen molar-refractivity contribution in [2.24, 2.45) is 0 Å². The lowest BCUT2D eigenvalue weighted by Crippen LogP contribution is -2.21. The van der Waals surface area contributed by atoms with Gasteiger partial charge in [0.15, 0.2) is 5.82 Å². The van der Waals surface area contributed by atoms with Crippen molar-refractivity contribution in [2.45, 2.75) is 29.7 Å². The van der Waals surface area contributed by atoms with Crippen molar-refractivity contribution in [3.8, 4) is 11.4 Å². The first-order valence-electron chi connectivity index (χ1n) is 7.12. The van der Waals surface area contributed by atoms with E-state index in [4.69, 9.17) is 5.84 Å². The number of alkyl halides is 3. The molecule has 25 heavy (non-hydrogen) atoms. The van der Waals surface area contributed by atoms with Crippen LogP contribution >= 0.6 is 11.8 Å². The molecule has 11 heteroatoms. The molecule has 0 saturated heterocycles. The lowest BCUT2D eigenvalue weighted by Gasteiger charge is -2.08. The van der Waals surface area contributed by atoms with Crippen LogP contribution in [0.2, 0.25) is 0 Å². The SMILES string of the molecule is CCc1cc(Sc2nnc(C(F)(F)F)n2N)nc(-c2ccncc2)n1. The summed E-state index contributed by atoms with van der Waals surface area (Å²) >= 11 is 0.887. The van der Waals surface area contributed by atoms with Crippen molar-refractivity contribution in [3.63, 3.8) is 0 Å². The van der Waals surface area contributed by atoms with E-state index in [2.05, 4.69) is 25.1 Å². The van der Waals surface area contributed by atoms with E-state index >= 15 is 0 Å². The molecule has 0 aliphatic carbocycles. The van der Waals surface area contributed by atoms with Crippen LogP contribution in [0.5, 0.6) is 0 Å². The second kappa shape index (κ2) is 6.67. The molecule has 0 aliphatic rings. The first-order valence-corrected chi connectivity index (χ1v) is 7.94. The Morgan fingerprint density at radius 3 is 2.48 bits per heavy atom. The number of aryl methyl sites for hydroxylation is 1. The van der Waals surface area contributed by atoms with Crippen molar-refractivity contribution in [1.82, 2.24) is 29.8 Å². The van der Waals surface area contributed by atoms with Crippen LogP contribution in [-0.4, -0.2) is 29.8 Å². The molecule has 3 rings (SSSR count). The van der Waals surface area contributed by atoms with Gasteiger partial charge in [0.1, 0.15) is 5.03 Å². The molecule has 0 unspecified atom stereocenters.